The largest absolute Gasteiger partial charge is 0.394 e. The van der Waals surface area contributed by atoms with Crippen molar-refractivity contribution in [3.63, 3.8) is 0 Å². The number of aliphatic hydroxyl groups is 1. The molecule has 2 radical (unpaired) electrons. The van der Waals surface area contributed by atoms with E-state index in [-0.39, 0.29) is 65.7 Å². The molecule has 0 saturated heterocycles. The Kier molecular flexibility index (Phi) is 33.2. The molecular weight excluding hydrogens is 246 g/mol. The van der Waals surface area contributed by atoms with E-state index in [1.54, 1.807) is 0 Å². The van der Waals surface area contributed by atoms with Gasteiger partial charge >= 0.3 is 0 Å². The van der Waals surface area contributed by atoms with E-state index in [0.717, 1.165) is 13.0 Å². The maximum Gasteiger partial charge on any atom is 0.0697 e. The monoisotopic (exact) mass is 276 g/mol. The summed E-state index contributed by atoms with van der Waals surface area (Å²) in [7, 11) is 0. The van der Waals surface area contributed by atoms with Gasteiger partial charge in [0, 0.05) is 65.7 Å². The van der Waals surface area contributed by atoms with Gasteiger partial charge in [-0.25, -0.2) is 0 Å². The Morgan fingerprint density at radius 2 is 1.11 bits per heavy atom. The summed E-state index contributed by atoms with van der Waals surface area (Å²) in [5.74, 6) is 0. The van der Waals surface area contributed by atoms with Crippen molar-refractivity contribution in [2.45, 2.75) is 71.1 Å². The molecule has 0 atom stereocenters. The second-order valence-electron chi connectivity index (χ2n) is 4.52. The summed E-state index contributed by atoms with van der Waals surface area (Å²) in [5, 5.41) is 8.50. The van der Waals surface area contributed by atoms with Crippen LogP contribution < -0.4 is 0 Å². The number of hydrogen-bond donors (Lipinski definition) is 1. The van der Waals surface area contributed by atoms with E-state index >= 15 is 0 Å². The maximum absolute atomic E-state index is 8.50. The van der Waals surface area contributed by atoms with Gasteiger partial charge in [-0.15, -0.1) is 0 Å². The molecule has 0 amide bonds. The fourth-order valence-corrected chi connectivity index (χ4v) is 1.86. The minimum atomic E-state index is 0. The van der Waals surface area contributed by atoms with Crippen LogP contribution in [0, 0.1) is 0 Å². The Labute approximate surface area is 158 Å². The van der Waals surface area contributed by atoms with Gasteiger partial charge in [-0.2, -0.15) is 0 Å². The zero-order chi connectivity index (χ0) is 11.9. The van der Waals surface area contributed by atoms with Crippen LogP contribution in [0.15, 0.2) is 0 Å². The van der Waals surface area contributed by atoms with Crippen LogP contribution in [-0.2, 0) is 4.74 Å². The minimum Gasteiger partial charge on any atom is -0.394 e. The molecule has 0 aromatic carbocycles. The first-order valence-corrected chi connectivity index (χ1v) is 7.10. The number of hydrogen-bond acceptors (Lipinski definition) is 2. The fraction of sp³-hybridized carbons (Fsp3) is 1.00. The summed E-state index contributed by atoms with van der Waals surface area (Å²) >= 11 is 0. The number of rotatable bonds is 13. The first kappa shape index (κ1) is 24.9. The third kappa shape index (κ3) is 23.0. The second kappa shape index (κ2) is 24.0. The molecule has 0 fully saturated rings. The zero-order valence-electron chi connectivity index (χ0n) is 13.0. The molecule has 0 aliphatic carbocycles. The average molecular weight is 276 g/mol. The van der Waals surface area contributed by atoms with Crippen LogP contribution in [0.25, 0.3) is 0 Å². The van der Waals surface area contributed by atoms with E-state index < -0.39 is 0 Å². The van der Waals surface area contributed by atoms with E-state index in [2.05, 4.69) is 6.92 Å². The maximum atomic E-state index is 8.50. The SMILES string of the molecule is CCCCCCCCCCCCOCCO.[Na].[Na]. The van der Waals surface area contributed by atoms with Crippen molar-refractivity contribution >= 4 is 59.1 Å². The van der Waals surface area contributed by atoms with Gasteiger partial charge in [0.15, 0.2) is 0 Å². The van der Waals surface area contributed by atoms with Crippen molar-refractivity contribution in [1.29, 1.82) is 0 Å². The van der Waals surface area contributed by atoms with Crippen LogP contribution in [0.5, 0.6) is 0 Å². The molecule has 1 N–H and O–H groups in total. The molecule has 0 aliphatic rings. The second-order valence-corrected chi connectivity index (χ2v) is 4.52. The topological polar surface area (TPSA) is 29.5 Å². The molecule has 2 nitrogen and oxygen atoms in total. The quantitative estimate of drug-likeness (QED) is 0.413. The normalized spacial score (nSPS) is 9.67. The predicted molar refractivity (Wildman–Crippen MR) is 81.3 cm³/mol. The molecule has 0 heterocycles. The summed E-state index contributed by atoms with van der Waals surface area (Å²) in [6, 6.07) is 0. The van der Waals surface area contributed by atoms with Gasteiger partial charge in [0.1, 0.15) is 0 Å². The molecule has 0 aromatic heterocycles. The van der Waals surface area contributed by atoms with E-state index in [0.29, 0.717) is 6.61 Å². The van der Waals surface area contributed by atoms with Crippen LogP contribution in [0.3, 0.4) is 0 Å². The number of unbranched alkanes of at least 4 members (excludes halogenated alkanes) is 9. The Morgan fingerprint density at radius 1 is 0.667 bits per heavy atom. The Morgan fingerprint density at radius 3 is 1.56 bits per heavy atom. The van der Waals surface area contributed by atoms with Gasteiger partial charge in [-0.1, -0.05) is 64.7 Å². The summed E-state index contributed by atoms with van der Waals surface area (Å²) in [6.07, 6.45) is 13.6. The number of ether oxygens (including phenoxy) is 1. The molecule has 0 bridgehead atoms. The summed E-state index contributed by atoms with van der Waals surface area (Å²) in [5.41, 5.74) is 0. The summed E-state index contributed by atoms with van der Waals surface area (Å²) in [6.45, 7) is 3.73. The van der Waals surface area contributed by atoms with Crippen LogP contribution in [0.2, 0.25) is 0 Å². The van der Waals surface area contributed by atoms with Gasteiger partial charge < -0.3 is 9.84 Å². The molecule has 0 spiro atoms. The third-order valence-electron chi connectivity index (χ3n) is 2.88. The van der Waals surface area contributed by atoms with Crippen LogP contribution in [0.4, 0.5) is 0 Å². The van der Waals surface area contributed by atoms with E-state index in [4.69, 9.17) is 9.84 Å². The minimum absolute atomic E-state index is 0. The average Bonchev–Trinajstić information content (AvgIpc) is 2.31. The molecule has 0 aliphatic heterocycles. The predicted octanol–water partition coefficient (Wildman–Crippen LogP) is 3.15. The summed E-state index contributed by atoms with van der Waals surface area (Å²) in [4.78, 5) is 0. The van der Waals surface area contributed by atoms with Gasteiger partial charge in [0.25, 0.3) is 0 Å². The van der Waals surface area contributed by atoms with Crippen LogP contribution in [0.1, 0.15) is 71.1 Å². The van der Waals surface area contributed by atoms with Gasteiger partial charge in [0.05, 0.1) is 13.2 Å². The van der Waals surface area contributed by atoms with E-state index in [1.165, 1.54) is 57.8 Å². The third-order valence-corrected chi connectivity index (χ3v) is 2.88. The van der Waals surface area contributed by atoms with Crippen LogP contribution in [-0.4, -0.2) is 84.0 Å². The van der Waals surface area contributed by atoms with E-state index in [9.17, 15) is 0 Å². The van der Waals surface area contributed by atoms with Crippen molar-refractivity contribution in [3.8, 4) is 0 Å². The van der Waals surface area contributed by atoms with Gasteiger partial charge in [-0.05, 0) is 6.42 Å². The zero-order valence-corrected chi connectivity index (χ0v) is 17.0. The van der Waals surface area contributed by atoms with Gasteiger partial charge in [0.2, 0.25) is 0 Å². The Hall–Kier alpha value is 1.92. The van der Waals surface area contributed by atoms with Crippen molar-refractivity contribution in [3.05, 3.63) is 0 Å². The van der Waals surface area contributed by atoms with E-state index in [1.807, 2.05) is 0 Å². The Balaban J connectivity index is -0.00000112. The Bertz CT molecular complexity index is 110. The standard InChI is InChI=1S/C14H30O2.2Na/c1-2-3-4-5-6-7-8-9-10-11-13-16-14-12-15;;/h15H,2-14H2,1H3;;. The molecular formula is C14H30Na2O2. The molecule has 0 saturated carbocycles. The smallest absolute Gasteiger partial charge is 0.0697 e. The molecule has 0 aromatic rings. The summed E-state index contributed by atoms with van der Waals surface area (Å²) < 4.78 is 5.20. The fourth-order valence-electron chi connectivity index (χ4n) is 1.86. The van der Waals surface area contributed by atoms with Gasteiger partial charge in [-0.3, -0.25) is 0 Å². The molecule has 0 rings (SSSR count). The van der Waals surface area contributed by atoms with Crippen molar-refractivity contribution in [1.82, 2.24) is 0 Å². The molecule has 0 unspecified atom stereocenters. The van der Waals surface area contributed by atoms with Crippen molar-refractivity contribution < 1.29 is 9.84 Å². The molecule has 18 heavy (non-hydrogen) atoms. The molecule has 4 heteroatoms. The van der Waals surface area contributed by atoms with Crippen molar-refractivity contribution in [2.75, 3.05) is 19.8 Å². The van der Waals surface area contributed by atoms with Crippen molar-refractivity contribution in [2.24, 2.45) is 0 Å². The molecule has 100 valence electrons. The first-order chi connectivity index (χ1) is 7.91. The first-order valence-electron chi connectivity index (χ1n) is 7.10. The van der Waals surface area contributed by atoms with Crippen LogP contribution >= 0.6 is 0 Å². The number of aliphatic hydroxyl groups excluding tert-OH is 1.